The minimum absolute atomic E-state index is 0.107. The van der Waals surface area contributed by atoms with Gasteiger partial charge in [-0.1, -0.05) is 92.7 Å². The van der Waals surface area contributed by atoms with Gasteiger partial charge in [-0.2, -0.15) is 0 Å². The Balaban J connectivity index is 0.917. The first-order valence-electron chi connectivity index (χ1n) is 21.6. The molecule has 324 valence electrons. The summed E-state index contributed by atoms with van der Waals surface area (Å²) < 4.78 is 4.77. The van der Waals surface area contributed by atoms with Gasteiger partial charge in [0.1, 0.15) is 23.7 Å². The van der Waals surface area contributed by atoms with Crippen molar-refractivity contribution in [2.24, 2.45) is 5.92 Å². The van der Waals surface area contributed by atoms with E-state index in [-0.39, 0.29) is 35.8 Å². The second-order valence-electron chi connectivity index (χ2n) is 16.8. The average Bonchev–Trinajstić information content (AvgIpc) is 4.15. The van der Waals surface area contributed by atoms with Crippen molar-refractivity contribution in [1.29, 1.82) is 0 Å². The lowest BCUT2D eigenvalue weighted by Crippen LogP contribution is -2.53. The molecule has 8 rings (SSSR count). The standard InChI is InChI=1S/C47H56N10O5/c1-30(2)40(53-47(61)62-4)44(58)56-22-8-12-38(56)42-48-28-36(50-42)33-18-14-31(15-19-33)32-16-20-34(21-17-32)37-29-49-43(51-37)39-13-9-23-57(39)45(59)41(35-10-6-5-7-11-35)52-46(60)55-26-24-54(3)25-27-55/h5-7,10-11,14-21,28-30,38-41H,8-9,12-13,22-27H2,1-4H3,(H,48,50)(H,49,51)(H,52,60)(H,53,61)/t38-,39-,40-,41+/m0/s1. The number of ether oxygens (including phenoxy) is 1. The fourth-order valence-electron chi connectivity index (χ4n) is 8.82. The second-order valence-corrected chi connectivity index (χ2v) is 16.8. The zero-order chi connectivity index (χ0) is 43.3. The zero-order valence-corrected chi connectivity index (χ0v) is 35.8. The highest BCUT2D eigenvalue weighted by molar-refractivity contribution is 5.89. The van der Waals surface area contributed by atoms with E-state index >= 15 is 0 Å². The quantitative estimate of drug-likeness (QED) is 0.116. The number of likely N-dealkylation sites (tertiary alicyclic amines) is 2. The van der Waals surface area contributed by atoms with Crippen molar-refractivity contribution >= 4 is 23.9 Å². The molecule has 5 aromatic rings. The van der Waals surface area contributed by atoms with Crippen LogP contribution in [0.25, 0.3) is 33.6 Å². The number of H-pyrrole nitrogens is 2. The van der Waals surface area contributed by atoms with Crippen molar-refractivity contribution in [3.63, 3.8) is 0 Å². The number of amides is 5. The van der Waals surface area contributed by atoms with Gasteiger partial charge >= 0.3 is 12.1 Å². The third kappa shape index (κ3) is 9.08. The van der Waals surface area contributed by atoms with Gasteiger partial charge in [0.15, 0.2) is 0 Å². The number of hydrogen-bond acceptors (Lipinski definition) is 8. The normalized spacial score (nSPS) is 19.1. The largest absolute Gasteiger partial charge is 0.453 e. The van der Waals surface area contributed by atoms with Crippen LogP contribution in [-0.2, 0) is 14.3 Å². The van der Waals surface area contributed by atoms with Crippen molar-refractivity contribution in [3.8, 4) is 33.6 Å². The SMILES string of the molecule is COC(=O)N[C@H](C(=O)N1CCC[C@H]1c1ncc(-c2ccc(-c3ccc(-c4cnc([C@@H]5CCCN5C(=O)[C@H](NC(=O)N5CCN(C)CC5)c5ccccc5)[nH]4)cc3)cc2)[nH]1)C(C)C. The minimum atomic E-state index is -0.807. The van der Waals surface area contributed by atoms with Gasteiger partial charge in [-0.15, -0.1) is 0 Å². The molecule has 0 spiro atoms. The van der Waals surface area contributed by atoms with Gasteiger partial charge in [0.25, 0.3) is 0 Å². The molecular formula is C47H56N10O5. The molecule has 0 unspecified atom stereocenters. The van der Waals surface area contributed by atoms with E-state index in [2.05, 4.69) is 79.0 Å². The first-order chi connectivity index (χ1) is 30.1. The van der Waals surface area contributed by atoms with Crippen LogP contribution in [0.1, 0.15) is 74.9 Å². The minimum Gasteiger partial charge on any atom is -0.453 e. The predicted molar refractivity (Wildman–Crippen MR) is 235 cm³/mol. The number of aromatic nitrogens is 4. The number of alkyl carbamates (subject to hydrolysis) is 1. The van der Waals surface area contributed by atoms with E-state index in [0.29, 0.717) is 26.2 Å². The van der Waals surface area contributed by atoms with E-state index in [1.54, 1.807) is 11.1 Å². The van der Waals surface area contributed by atoms with Crippen molar-refractivity contribution in [2.75, 3.05) is 53.4 Å². The Bertz CT molecular complexity index is 2340. The van der Waals surface area contributed by atoms with E-state index < -0.39 is 18.2 Å². The number of benzene rings is 3. The van der Waals surface area contributed by atoms with Gasteiger partial charge in [0, 0.05) is 39.3 Å². The van der Waals surface area contributed by atoms with Gasteiger partial charge in [-0.05, 0) is 66.5 Å². The summed E-state index contributed by atoms with van der Waals surface area (Å²) in [6.45, 7) is 7.81. The van der Waals surface area contributed by atoms with E-state index in [4.69, 9.17) is 9.72 Å². The lowest BCUT2D eigenvalue weighted by molar-refractivity contribution is -0.135. The number of carbonyl (C=O) groups excluding carboxylic acids is 4. The molecule has 3 aliphatic heterocycles. The molecule has 3 aromatic carbocycles. The number of piperazine rings is 1. The van der Waals surface area contributed by atoms with Crippen LogP contribution in [0.5, 0.6) is 0 Å². The van der Waals surface area contributed by atoms with Crippen LogP contribution in [0.4, 0.5) is 9.59 Å². The van der Waals surface area contributed by atoms with Crippen LogP contribution in [0.3, 0.4) is 0 Å². The molecule has 5 amide bonds. The van der Waals surface area contributed by atoms with Gasteiger partial charge in [0.05, 0.1) is 43.0 Å². The van der Waals surface area contributed by atoms with Crippen molar-refractivity contribution < 1.29 is 23.9 Å². The number of nitrogens with zero attached hydrogens (tertiary/aromatic N) is 6. The topological polar surface area (TPSA) is 172 Å². The fourth-order valence-corrected chi connectivity index (χ4v) is 8.82. The van der Waals surface area contributed by atoms with Crippen LogP contribution in [-0.4, -0.2) is 123 Å². The Kier molecular flexibility index (Phi) is 12.7. The van der Waals surface area contributed by atoms with Crippen molar-refractivity contribution in [3.05, 3.63) is 108 Å². The van der Waals surface area contributed by atoms with Crippen LogP contribution >= 0.6 is 0 Å². The summed E-state index contributed by atoms with van der Waals surface area (Å²) >= 11 is 0. The first kappa shape index (κ1) is 42.2. The molecular weight excluding hydrogens is 785 g/mol. The number of likely N-dealkylation sites (N-methyl/N-ethyl adjacent to an activating group) is 1. The number of rotatable bonds is 11. The van der Waals surface area contributed by atoms with Gasteiger partial charge in [-0.25, -0.2) is 19.6 Å². The molecule has 4 atom stereocenters. The highest BCUT2D eigenvalue weighted by Gasteiger charge is 2.39. The maximum absolute atomic E-state index is 14.3. The third-order valence-corrected chi connectivity index (χ3v) is 12.4. The van der Waals surface area contributed by atoms with Crippen molar-refractivity contribution in [1.82, 2.24) is 50.2 Å². The molecule has 15 heteroatoms. The molecule has 0 saturated carbocycles. The summed E-state index contributed by atoms with van der Waals surface area (Å²) in [5.41, 5.74) is 6.55. The number of carbonyl (C=O) groups is 4. The number of aromatic amines is 2. The van der Waals surface area contributed by atoms with E-state index in [9.17, 15) is 19.2 Å². The number of urea groups is 1. The molecule has 4 N–H and O–H groups in total. The smallest absolute Gasteiger partial charge is 0.407 e. The number of methoxy groups -OCH3 is 1. The molecule has 0 radical (unpaired) electrons. The molecule has 5 heterocycles. The Morgan fingerprint density at radius 3 is 1.66 bits per heavy atom. The Labute approximate surface area is 362 Å². The number of imidazole rings is 2. The highest BCUT2D eigenvalue weighted by Crippen LogP contribution is 2.36. The number of hydrogen-bond donors (Lipinski definition) is 4. The van der Waals surface area contributed by atoms with E-state index in [0.717, 1.165) is 89.6 Å². The highest BCUT2D eigenvalue weighted by atomic mass is 16.5. The summed E-state index contributed by atoms with van der Waals surface area (Å²) in [5, 5.41) is 5.77. The Morgan fingerprint density at radius 2 is 1.16 bits per heavy atom. The Hall–Kier alpha value is -6.48. The average molecular weight is 841 g/mol. The maximum atomic E-state index is 14.3. The van der Waals surface area contributed by atoms with E-state index in [1.807, 2.05) is 67.2 Å². The van der Waals surface area contributed by atoms with Crippen LogP contribution in [0, 0.1) is 5.92 Å². The van der Waals surface area contributed by atoms with Crippen LogP contribution < -0.4 is 10.6 Å². The second kappa shape index (κ2) is 18.6. The molecule has 2 aromatic heterocycles. The lowest BCUT2D eigenvalue weighted by atomic mass is 10.0. The summed E-state index contributed by atoms with van der Waals surface area (Å²) in [6, 6.07) is 23.9. The monoisotopic (exact) mass is 840 g/mol. The molecule has 0 bridgehead atoms. The van der Waals surface area contributed by atoms with Gasteiger partial charge in [-0.3, -0.25) is 9.59 Å². The van der Waals surface area contributed by atoms with Crippen molar-refractivity contribution in [2.45, 2.75) is 63.7 Å². The summed E-state index contributed by atoms with van der Waals surface area (Å²) in [4.78, 5) is 77.4. The molecule has 3 saturated heterocycles. The fraction of sp³-hybridized carbons (Fsp3) is 0.404. The predicted octanol–water partition coefficient (Wildman–Crippen LogP) is 6.54. The third-order valence-electron chi connectivity index (χ3n) is 12.4. The molecule has 3 aliphatic rings. The summed E-state index contributed by atoms with van der Waals surface area (Å²) in [5.74, 6) is 1.07. The zero-order valence-electron chi connectivity index (χ0n) is 35.8. The lowest BCUT2D eigenvalue weighted by Gasteiger charge is -2.34. The van der Waals surface area contributed by atoms with Gasteiger partial charge < -0.3 is 44.9 Å². The first-order valence-corrected chi connectivity index (χ1v) is 21.6. The summed E-state index contributed by atoms with van der Waals surface area (Å²) in [7, 11) is 3.34. The molecule has 3 fully saturated rings. The number of nitrogens with one attached hydrogen (secondary N) is 4. The maximum Gasteiger partial charge on any atom is 0.407 e. The van der Waals surface area contributed by atoms with Crippen LogP contribution in [0.2, 0.25) is 0 Å². The summed E-state index contributed by atoms with van der Waals surface area (Å²) in [6.07, 6.45) is 6.25. The van der Waals surface area contributed by atoms with Crippen LogP contribution in [0.15, 0.2) is 91.3 Å². The van der Waals surface area contributed by atoms with Gasteiger partial charge in [0.2, 0.25) is 11.8 Å². The molecule has 0 aliphatic carbocycles. The molecule has 15 nitrogen and oxygen atoms in total. The van der Waals surface area contributed by atoms with E-state index in [1.165, 1.54) is 7.11 Å². The molecule has 62 heavy (non-hydrogen) atoms. The Morgan fingerprint density at radius 1 is 0.661 bits per heavy atom.